The number of rotatable bonds is 0. The van der Waals surface area contributed by atoms with Gasteiger partial charge in [-0.3, -0.25) is 4.98 Å². The van der Waals surface area contributed by atoms with Crippen molar-refractivity contribution in [2.24, 2.45) is 0 Å². The summed E-state index contributed by atoms with van der Waals surface area (Å²) in [5, 5.41) is 1.11. The molecule has 4 heteroatoms. The Labute approximate surface area is 96.3 Å². The van der Waals surface area contributed by atoms with Gasteiger partial charge in [0.15, 0.2) is 5.65 Å². The maximum atomic E-state index is 4.63. The third kappa shape index (κ3) is 1.15. The van der Waals surface area contributed by atoms with E-state index in [9.17, 15) is 0 Å². The number of hydrogen-bond donors (Lipinski definition) is 1. The lowest BCUT2D eigenvalue weighted by molar-refractivity contribution is 1.29. The van der Waals surface area contributed by atoms with Crippen LogP contribution in [0.25, 0.3) is 33.1 Å². The molecule has 1 N–H and O–H groups in total. The fourth-order valence-electron chi connectivity index (χ4n) is 2.11. The number of H-pyrrole nitrogens is 1. The van der Waals surface area contributed by atoms with Crippen LogP contribution in [0, 0.1) is 0 Å². The summed E-state index contributed by atoms with van der Waals surface area (Å²) < 4.78 is 0. The molecule has 17 heavy (non-hydrogen) atoms. The largest absolute Gasteiger partial charge is 0.338 e. The number of aromatic amines is 1. The van der Waals surface area contributed by atoms with E-state index in [2.05, 4.69) is 26.0 Å². The molecule has 0 aliphatic carbocycles. The van der Waals surface area contributed by atoms with Gasteiger partial charge in [0.2, 0.25) is 0 Å². The summed E-state index contributed by atoms with van der Waals surface area (Å²) in [6.45, 7) is 0. The van der Waals surface area contributed by atoms with Gasteiger partial charge in [-0.2, -0.15) is 0 Å². The molecule has 4 nitrogen and oxygen atoms in total. The molecule has 0 saturated heterocycles. The first-order chi connectivity index (χ1) is 8.42. The van der Waals surface area contributed by atoms with E-state index in [0.717, 1.165) is 33.1 Å². The fraction of sp³-hybridized carbons (Fsp3) is 0. The maximum Gasteiger partial charge on any atom is 0.157 e. The minimum absolute atomic E-state index is 0.812. The standard InChI is InChI=1S/C13H8N4/c1-2-4-9-8(3-1)12-13(16-9)17-11-7-14-6-5-10(11)15-12/h1-7H,(H,16,17). The molecule has 3 aromatic heterocycles. The van der Waals surface area contributed by atoms with Crippen molar-refractivity contribution in [2.75, 3.05) is 0 Å². The van der Waals surface area contributed by atoms with Crippen LogP contribution >= 0.6 is 0 Å². The van der Waals surface area contributed by atoms with Crippen molar-refractivity contribution < 1.29 is 0 Å². The van der Waals surface area contributed by atoms with Crippen LogP contribution in [0.5, 0.6) is 0 Å². The average Bonchev–Trinajstić information content (AvgIpc) is 2.73. The fourth-order valence-corrected chi connectivity index (χ4v) is 2.11. The van der Waals surface area contributed by atoms with Crippen LogP contribution in [0.3, 0.4) is 0 Å². The Kier molecular flexibility index (Phi) is 1.53. The highest BCUT2D eigenvalue weighted by Gasteiger charge is 2.07. The summed E-state index contributed by atoms with van der Waals surface area (Å²) >= 11 is 0. The minimum atomic E-state index is 0.812. The van der Waals surface area contributed by atoms with E-state index in [1.165, 1.54) is 0 Å². The van der Waals surface area contributed by atoms with Gasteiger partial charge in [0.25, 0.3) is 0 Å². The number of benzene rings is 1. The Morgan fingerprint density at radius 3 is 2.88 bits per heavy atom. The molecule has 0 bridgehead atoms. The Morgan fingerprint density at radius 2 is 1.88 bits per heavy atom. The van der Waals surface area contributed by atoms with Gasteiger partial charge in [0.1, 0.15) is 11.0 Å². The van der Waals surface area contributed by atoms with Gasteiger partial charge >= 0.3 is 0 Å². The predicted octanol–water partition coefficient (Wildman–Crippen LogP) is 2.66. The highest BCUT2D eigenvalue weighted by molar-refractivity contribution is 6.05. The molecule has 0 aliphatic rings. The Morgan fingerprint density at radius 1 is 0.941 bits per heavy atom. The topological polar surface area (TPSA) is 54.5 Å². The molecule has 0 aliphatic heterocycles. The van der Waals surface area contributed by atoms with Gasteiger partial charge < -0.3 is 4.98 Å². The number of pyridine rings is 1. The normalized spacial score (nSPS) is 11.5. The van der Waals surface area contributed by atoms with Gasteiger partial charge in [-0.05, 0) is 12.1 Å². The minimum Gasteiger partial charge on any atom is -0.338 e. The summed E-state index contributed by atoms with van der Waals surface area (Å²) in [6, 6.07) is 9.97. The van der Waals surface area contributed by atoms with Gasteiger partial charge in [0, 0.05) is 17.1 Å². The summed E-state index contributed by atoms with van der Waals surface area (Å²) in [5.41, 5.74) is 4.47. The van der Waals surface area contributed by atoms with Crippen LogP contribution in [-0.2, 0) is 0 Å². The van der Waals surface area contributed by atoms with Crippen LogP contribution in [0.4, 0.5) is 0 Å². The molecule has 1 aromatic carbocycles. The lowest BCUT2D eigenvalue weighted by atomic mass is 10.2. The van der Waals surface area contributed by atoms with Crippen molar-refractivity contribution in [3.8, 4) is 0 Å². The van der Waals surface area contributed by atoms with Crippen LogP contribution in [0.2, 0.25) is 0 Å². The summed E-state index contributed by atoms with van der Waals surface area (Å²) in [5.74, 6) is 0. The number of aromatic nitrogens is 4. The number of fused-ring (bicyclic) bond motifs is 4. The van der Waals surface area contributed by atoms with Crippen molar-refractivity contribution in [1.29, 1.82) is 0 Å². The smallest absolute Gasteiger partial charge is 0.157 e. The zero-order valence-corrected chi connectivity index (χ0v) is 8.88. The molecule has 80 valence electrons. The molecule has 0 radical (unpaired) electrons. The second kappa shape index (κ2) is 3.01. The van der Waals surface area contributed by atoms with Crippen LogP contribution in [-0.4, -0.2) is 19.9 Å². The van der Waals surface area contributed by atoms with Crippen molar-refractivity contribution in [1.82, 2.24) is 19.9 Å². The van der Waals surface area contributed by atoms with Gasteiger partial charge in [-0.1, -0.05) is 18.2 Å². The van der Waals surface area contributed by atoms with Crippen LogP contribution in [0.15, 0.2) is 42.7 Å². The first-order valence-corrected chi connectivity index (χ1v) is 5.40. The Hall–Kier alpha value is -2.49. The average molecular weight is 220 g/mol. The van der Waals surface area contributed by atoms with Crippen molar-refractivity contribution in [2.45, 2.75) is 0 Å². The second-order valence-corrected chi connectivity index (χ2v) is 3.96. The van der Waals surface area contributed by atoms with Crippen molar-refractivity contribution in [3.05, 3.63) is 42.7 Å². The monoisotopic (exact) mass is 220 g/mol. The van der Waals surface area contributed by atoms with Crippen molar-refractivity contribution in [3.63, 3.8) is 0 Å². The Bertz CT molecular complexity index is 842. The highest BCUT2D eigenvalue weighted by Crippen LogP contribution is 2.23. The molecule has 4 aromatic rings. The summed E-state index contributed by atoms with van der Waals surface area (Å²) in [6.07, 6.45) is 3.46. The molecule has 0 unspecified atom stereocenters. The third-order valence-electron chi connectivity index (χ3n) is 2.90. The molecule has 0 spiro atoms. The Balaban J connectivity index is 2.28. The zero-order chi connectivity index (χ0) is 11.2. The first kappa shape index (κ1) is 8.64. The van der Waals surface area contributed by atoms with E-state index < -0.39 is 0 Å². The first-order valence-electron chi connectivity index (χ1n) is 5.40. The molecular formula is C13H8N4. The van der Waals surface area contributed by atoms with E-state index in [0.29, 0.717) is 0 Å². The van der Waals surface area contributed by atoms with Crippen LogP contribution < -0.4 is 0 Å². The molecule has 0 atom stereocenters. The number of nitrogens with one attached hydrogen (secondary N) is 1. The summed E-state index contributed by atoms with van der Waals surface area (Å²) in [7, 11) is 0. The van der Waals surface area contributed by atoms with E-state index in [1.807, 2.05) is 24.3 Å². The number of nitrogens with zero attached hydrogens (tertiary/aromatic N) is 3. The van der Waals surface area contributed by atoms with Gasteiger partial charge in [0.05, 0.1) is 11.7 Å². The van der Waals surface area contributed by atoms with E-state index in [4.69, 9.17) is 0 Å². The van der Waals surface area contributed by atoms with E-state index in [-0.39, 0.29) is 0 Å². The van der Waals surface area contributed by atoms with E-state index in [1.54, 1.807) is 12.4 Å². The molecule has 3 heterocycles. The molecule has 0 fully saturated rings. The van der Waals surface area contributed by atoms with Gasteiger partial charge in [-0.15, -0.1) is 0 Å². The van der Waals surface area contributed by atoms with Crippen molar-refractivity contribution >= 4 is 33.1 Å². The second-order valence-electron chi connectivity index (χ2n) is 3.96. The van der Waals surface area contributed by atoms with E-state index >= 15 is 0 Å². The quantitative estimate of drug-likeness (QED) is 0.495. The molecule has 0 amide bonds. The lowest BCUT2D eigenvalue weighted by Gasteiger charge is -1.95. The third-order valence-corrected chi connectivity index (χ3v) is 2.90. The lowest BCUT2D eigenvalue weighted by Crippen LogP contribution is -1.86. The summed E-state index contributed by atoms with van der Waals surface area (Å²) in [4.78, 5) is 16.5. The number of hydrogen-bond acceptors (Lipinski definition) is 3. The maximum absolute atomic E-state index is 4.63. The molecule has 0 saturated carbocycles. The molecular weight excluding hydrogens is 212 g/mol. The predicted molar refractivity (Wildman–Crippen MR) is 66.7 cm³/mol. The number of para-hydroxylation sites is 1. The molecule has 4 rings (SSSR count). The van der Waals surface area contributed by atoms with Crippen LogP contribution in [0.1, 0.15) is 0 Å². The highest BCUT2D eigenvalue weighted by atomic mass is 14.9. The SMILES string of the molecule is c1ccc2c(c1)[nH]c1nc3cnccc3nc12. The van der Waals surface area contributed by atoms with Gasteiger partial charge in [-0.25, -0.2) is 9.97 Å². The zero-order valence-electron chi connectivity index (χ0n) is 8.88.